The molecule has 1 fully saturated rings. The van der Waals surface area contributed by atoms with E-state index in [2.05, 4.69) is 30.7 Å². The fourth-order valence-corrected chi connectivity index (χ4v) is 2.51. The summed E-state index contributed by atoms with van der Waals surface area (Å²) < 4.78 is 0. The molecule has 2 heterocycles. The second-order valence-corrected chi connectivity index (χ2v) is 6.36. The molecule has 110 valence electrons. The highest BCUT2D eigenvalue weighted by molar-refractivity contribution is 5.98. The molecule has 2 N–H and O–H groups in total. The molecular formula is C15H24N4O. The standard InChI is InChI=1S/C15H24N4O/c1-11-9-13(16)12(10-17-11)14(20)18-5-7-19(8-6-18)15(2,3)4/h9-10H,5-8H2,1-4H3,(H2,16,17). The van der Waals surface area contributed by atoms with E-state index in [9.17, 15) is 4.79 Å². The van der Waals surface area contributed by atoms with E-state index >= 15 is 0 Å². The normalized spacial score (nSPS) is 17.3. The number of hydrogen-bond acceptors (Lipinski definition) is 4. The first-order valence-electron chi connectivity index (χ1n) is 7.05. The Morgan fingerprint density at radius 3 is 2.35 bits per heavy atom. The van der Waals surface area contributed by atoms with Crippen LogP contribution in [0.25, 0.3) is 0 Å². The maximum absolute atomic E-state index is 12.5. The van der Waals surface area contributed by atoms with E-state index in [1.807, 2.05) is 11.8 Å². The topological polar surface area (TPSA) is 62.5 Å². The zero-order valence-electron chi connectivity index (χ0n) is 12.8. The molecule has 1 aromatic rings. The van der Waals surface area contributed by atoms with Gasteiger partial charge in [-0.2, -0.15) is 0 Å². The molecule has 1 saturated heterocycles. The third kappa shape index (κ3) is 3.10. The van der Waals surface area contributed by atoms with Gasteiger partial charge in [-0.25, -0.2) is 0 Å². The number of carbonyl (C=O) groups is 1. The Bertz CT molecular complexity index is 499. The van der Waals surface area contributed by atoms with Gasteiger partial charge in [0.05, 0.1) is 5.56 Å². The van der Waals surface area contributed by atoms with Crippen LogP contribution in [0.1, 0.15) is 36.8 Å². The van der Waals surface area contributed by atoms with Gasteiger partial charge in [0, 0.05) is 49.3 Å². The number of anilines is 1. The SMILES string of the molecule is Cc1cc(N)c(C(=O)N2CCN(C(C)(C)C)CC2)cn1. The highest BCUT2D eigenvalue weighted by atomic mass is 16.2. The predicted octanol–water partition coefficient (Wildman–Crippen LogP) is 1.53. The highest BCUT2D eigenvalue weighted by Crippen LogP contribution is 2.19. The van der Waals surface area contributed by atoms with Gasteiger partial charge in [-0.05, 0) is 33.8 Å². The first kappa shape index (κ1) is 14.8. The van der Waals surface area contributed by atoms with Crippen LogP contribution >= 0.6 is 0 Å². The summed E-state index contributed by atoms with van der Waals surface area (Å²) in [5.41, 5.74) is 7.94. The van der Waals surface area contributed by atoms with Crippen molar-refractivity contribution in [3.63, 3.8) is 0 Å². The minimum Gasteiger partial charge on any atom is -0.398 e. The molecule has 0 bridgehead atoms. The van der Waals surface area contributed by atoms with Crippen molar-refractivity contribution in [1.82, 2.24) is 14.8 Å². The van der Waals surface area contributed by atoms with Gasteiger partial charge in [0.25, 0.3) is 5.91 Å². The van der Waals surface area contributed by atoms with Gasteiger partial charge in [-0.1, -0.05) is 0 Å². The zero-order valence-corrected chi connectivity index (χ0v) is 12.8. The summed E-state index contributed by atoms with van der Waals surface area (Å²) in [6.45, 7) is 11.7. The van der Waals surface area contributed by atoms with E-state index in [1.165, 1.54) is 0 Å². The Hall–Kier alpha value is -1.62. The second-order valence-electron chi connectivity index (χ2n) is 6.36. The van der Waals surface area contributed by atoms with E-state index in [-0.39, 0.29) is 11.4 Å². The number of amides is 1. The maximum Gasteiger partial charge on any atom is 0.257 e. The number of nitrogens with two attached hydrogens (primary N) is 1. The summed E-state index contributed by atoms with van der Waals surface area (Å²) in [5.74, 6) is -0.0106. The van der Waals surface area contributed by atoms with E-state index < -0.39 is 0 Å². The van der Waals surface area contributed by atoms with Crippen molar-refractivity contribution in [2.75, 3.05) is 31.9 Å². The van der Waals surface area contributed by atoms with Crippen LogP contribution in [0.15, 0.2) is 12.3 Å². The number of nitrogen functional groups attached to an aromatic ring is 1. The van der Waals surface area contributed by atoms with Crippen LogP contribution in [0.3, 0.4) is 0 Å². The molecule has 5 heteroatoms. The number of rotatable bonds is 1. The molecule has 2 rings (SSSR count). The minimum atomic E-state index is -0.0106. The maximum atomic E-state index is 12.5. The molecule has 0 radical (unpaired) electrons. The number of hydrogen-bond donors (Lipinski definition) is 1. The van der Waals surface area contributed by atoms with Gasteiger partial charge in [0.2, 0.25) is 0 Å². The van der Waals surface area contributed by atoms with Gasteiger partial charge in [0.15, 0.2) is 0 Å². The molecule has 0 unspecified atom stereocenters. The molecule has 0 aromatic carbocycles. The summed E-state index contributed by atoms with van der Waals surface area (Å²) in [6, 6.07) is 1.75. The van der Waals surface area contributed by atoms with Crippen LogP contribution in [0.5, 0.6) is 0 Å². The van der Waals surface area contributed by atoms with Crippen LogP contribution in [-0.2, 0) is 0 Å². The molecule has 0 atom stereocenters. The average molecular weight is 276 g/mol. The lowest BCUT2D eigenvalue weighted by atomic mass is 10.0. The average Bonchev–Trinajstić information content (AvgIpc) is 2.37. The Balaban J connectivity index is 2.05. The fraction of sp³-hybridized carbons (Fsp3) is 0.600. The minimum absolute atomic E-state index is 0.0106. The number of nitrogens with zero attached hydrogens (tertiary/aromatic N) is 3. The predicted molar refractivity (Wildman–Crippen MR) is 80.6 cm³/mol. The quantitative estimate of drug-likeness (QED) is 0.845. The second kappa shape index (κ2) is 5.40. The number of carbonyl (C=O) groups excluding carboxylic acids is 1. The van der Waals surface area contributed by atoms with Crippen LogP contribution in [-0.4, -0.2) is 52.4 Å². The van der Waals surface area contributed by atoms with Crippen LogP contribution in [0, 0.1) is 6.92 Å². The molecule has 1 aliphatic rings. The van der Waals surface area contributed by atoms with Crippen molar-refractivity contribution in [3.8, 4) is 0 Å². The third-order valence-electron chi connectivity index (χ3n) is 3.82. The van der Waals surface area contributed by atoms with Gasteiger partial charge < -0.3 is 10.6 Å². The molecule has 0 spiro atoms. The van der Waals surface area contributed by atoms with E-state index in [0.29, 0.717) is 11.3 Å². The molecule has 0 saturated carbocycles. The van der Waals surface area contributed by atoms with Crippen molar-refractivity contribution in [1.29, 1.82) is 0 Å². The molecular weight excluding hydrogens is 252 g/mol. The van der Waals surface area contributed by atoms with Crippen molar-refractivity contribution >= 4 is 11.6 Å². The lowest BCUT2D eigenvalue weighted by molar-refractivity contribution is 0.0451. The Morgan fingerprint density at radius 2 is 1.85 bits per heavy atom. The summed E-state index contributed by atoms with van der Waals surface area (Å²) in [4.78, 5) is 20.9. The van der Waals surface area contributed by atoms with Crippen molar-refractivity contribution in [3.05, 3.63) is 23.5 Å². The smallest absolute Gasteiger partial charge is 0.257 e. The number of aryl methyl sites for hydroxylation is 1. The largest absolute Gasteiger partial charge is 0.398 e. The van der Waals surface area contributed by atoms with Crippen molar-refractivity contribution < 1.29 is 4.79 Å². The van der Waals surface area contributed by atoms with Gasteiger partial charge in [0.1, 0.15) is 0 Å². The lowest BCUT2D eigenvalue weighted by Gasteiger charge is -2.42. The van der Waals surface area contributed by atoms with E-state index in [1.54, 1.807) is 12.3 Å². The Kier molecular flexibility index (Phi) is 3.99. The molecule has 1 amide bonds. The summed E-state index contributed by atoms with van der Waals surface area (Å²) >= 11 is 0. The van der Waals surface area contributed by atoms with E-state index in [4.69, 9.17) is 5.73 Å². The number of aromatic nitrogens is 1. The zero-order chi connectivity index (χ0) is 14.9. The van der Waals surface area contributed by atoms with Gasteiger partial charge in [-0.15, -0.1) is 0 Å². The van der Waals surface area contributed by atoms with Crippen LogP contribution < -0.4 is 5.73 Å². The van der Waals surface area contributed by atoms with E-state index in [0.717, 1.165) is 31.9 Å². The van der Waals surface area contributed by atoms with Crippen molar-refractivity contribution in [2.24, 2.45) is 0 Å². The molecule has 20 heavy (non-hydrogen) atoms. The molecule has 0 aliphatic carbocycles. The highest BCUT2D eigenvalue weighted by Gasteiger charge is 2.28. The summed E-state index contributed by atoms with van der Waals surface area (Å²) in [5, 5.41) is 0. The Labute approximate surface area is 120 Å². The summed E-state index contributed by atoms with van der Waals surface area (Å²) in [7, 11) is 0. The van der Waals surface area contributed by atoms with Crippen LogP contribution in [0.2, 0.25) is 0 Å². The first-order valence-corrected chi connectivity index (χ1v) is 7.05. The molecule has 1 aromatic heterocycles. The molecule has 5 nitrogen and oxygen atoms in total. The molecule has 1 aliphatic heterocycles. The van der Waals surface area contributed by atoms with Crippen molar-refractivity contribution in [2.45, 2.75) is 33.2 Å². The third-order valence-corrected chi connectivity index (χ3v) is 3.82. The fourth-order valence-electron chi connectivity index (χ4n) is 2.51. The number of pyridine rings is 1. The summed E-state index contributed by atoms with van der Waals surface area (Å²) in [6.07, 6.45) is 1.59. The van der Waals surface area contributed by atoms with Gasteiger partial charge >= 0.3 is 0 Å². The lowest BCUT2D eigenvalue weighted by Crippen LogP contribution is -2.54. The monoisotopic (exact) mass is 276 g/mol. The Morgan fingerprint density at radius 1 is 1.25 bits per heavy atom. The number of piperazine rings is 1. The first-order chi connectivity index (χ1) is 9.29. The van der Waals surface area contributed by atoms with Crippen LogP contribution in [0.4, 0.5) is 5.69 Å². The van der Waals surface area contributed by atoms with Gasteiger partial charge in [-0.3, -0.25) is 14.7 Å².